The van der Waals surface area contributed by atoms with E-state index in [1.165, 1.54) is 0 Å². The van der Waals surface area contributed by atoms with Gasteiger partial charge in [-0.05, 0) is 29.3 Å². The van der Waals surface area contributed by atoms with Crippen LogP contribution < -0.4 is 5.73 Å². The molecule has 1 aliphatic carbocycles. The van der Waals surface area contributed by atoms with Crippen molar-refractivity contribution in [2.24, 2.45) is 11.1 Å². The van der Waals surface area contributed by atoms with Gasteiger partial charge < -0.3 is 15.4 Å². The fourth-order valence-corrected chi connectivity index (χ4v) is 3.53. The van der Waals surface area contributed by atoms with Gasteiger partial charge in [0.15, 0.2) is 0 Å². The number of hydrogen-bond acceptors (Lipinski definition) is 4. The Balaban J connectivity index is 2.05. The first-order valence-electron chi connectivity index (χ1n) is 7.00. The Morgan fingerprint density at radius 2 is 2.30 bits per heavy atom. The molecule has 1 amide bonds. The second-order valence-corrected chi connectivity index (χ2v) is 6.91. The van der Waals surface area contributed by atoms with Crippen LogP contribution in [0.5, 0.6) is 0 Å². The van der Waals surface area contributed by atoms with Crippen LogP contribution in [0.2, 0.25) is 0 Å². The van der Waals surface area contributed by atoms with Crippen molar-refractivity contribution in [3.63, 3.8) is 0 Å². The van der Waals surface area contributed by atoms with Crippen molar-refractivity contribution < 1.29 is 9.53 Å². The van der Waals surface area contributed by atoms with Crippen LogP contribution in [0.1, 0.15) is 32.8 Å². The van der Waals surface area contributed by atoms with E-state index < -0.39 is 5.54 Å². The van der Waals surface area contributed by atoms with Gasteiger partial charge in [-0.2, -0.15) is 11.3 Å². The third kappa shape index (κ3) is 2.38. The predicted molar refractivity (Wildman–Crippen MR) is 81.5 cm³/mol. The smallest absolute Gasteiger partial charge is 0.243 e. The van der Waals surface area contributed by atoms with E-state index >= 15 is 0 Å². The first-order chi connectivity index (χ1) is 9.33. The average molecular weight is 296 g/mol. The molecule has 5 heteroatoms. The van der Waals surface area contributed by atoms with Crippen molar-refractivity contribution in [1.29, 1.82) is 0 Å². The largest absolute Gasteiger partial charge is 0.378 e. The van der Waals surface area contributed by atoms with Gasteiger partial charge in [0.05, 0.1) is 6.10 Å². The summed E-state index contributed by atoms with van der Waals surface area (Å²) >= 11 is 1.64. The lowest BCUT2D eigenvalue weighted by molar-refractivity contribution is -0.178. The molecule has 0 aromatic carbocycles. The van der Waals surface area contributed by atoms with Crippen molar-refractivity contribution in [2.75, 3.05) is 13.7 Å². The van der Waals surface area contributed by atoms with E-state index in [0.717, 1.165) is 5.56 Å². The summed E-state index contributed by atoms with van der Waals surface area (Å²) in [6, 6.07) is 2.03. The predicted octanol–water partition coefficient (Wildman–Crippen LogP) is 2.24. The minimum Gasteiger partial charge on any atom is -0.378 e. The molecule has 0 saturated heterocycles. The number of rotatable bonds is 5. The van der Waals surface area contributed by atoms with Gasteiger partial charge in [-0.25, -0.2) is 0 Å². The summed E-state index contributed by atoms with van der Waals surface area (Å²) < 4.78 is 5.68. The summed E-state index contributed by atoms with van der Waals surface area (Å²) in [5.41, 5.74) is 6.40. The third-order valence-electron chi connectivity index (χ3n) is 4.56. The Labute approximate surface area is 124 Å². The second kappa shape index (κ2) is 5.47. The highest BCUT2D eigenvalue weighted by atomic mass is 32.1. The molecule has 0 spiro atoms. The van der Waals surface area contributed by atoms with E-state index in [-0.39, 0.29) is 17.4 Å². The standard InChI is InChI=1S/C15H24N2O2S/c1-5-19-12-8-15(16,14(12,2)3)13(18)17(4)9-11-6-7-20-10-11/h6-7,10,12H,5,8-9,16H2,1-4H3. The lowest BCUT2D eigenvalue weighted by Gasteiger charge is -2.58. The van der Waals surface area contributed by atoms with Gasteiger partial charge in [-0.3, -0.25) is 4.79 Å². The van der Waals surface area contributed by atoms with E-state index in [1.54, 1.807) is 16.2 Å². The lowest BCUT2D eigenvalue weighted by atomic mass is 9.54. The molecule has 2 N–H and O–H groups in total. The molecule has 2 rings (SSSR count). The highest BCUT2D eigenvalue weighted by Gasteiger charge is 2.63. The summed E-state index contributed by atoms with van der Waals surface area (Å²) in [7, 11) is 1.82. The molecule has 0 radical (unpaired) electrons. The highest BCUT2D eigenvalue weighted by molar-refractivity contribution is 7.07. The van der Waals surface area contributed by atoms with Crippen LogP contribution in [-0.4, -0.2) is 36.1 Å². The Bertz CT molecular complexity index is 472. The third-order valence-corrected chi connectivity index (χ3v) is 5.29. The Hall–Kier alpha value is -0.910. The van der Waals surface area contributed by atoms with Crippen molar-refractivity contribution in [3.05, 3.63) is 22.4 Å². The molecule has 1 aromatic rings. The fourth-order valence-electron chi connectivity index (χ4n) is 2.87. The number of ether oxygens (including phenoxy) is 1. The maximum atomic E-state index is 12.7. The van der Waals surface area contributed by atoms with Crippen molar-refractivity contribution in [3.8, 4) is 0 Å². The van der Waals surface area contributed by atoms with Gasteiger partial charge in [0, 0.05) is 32.0 Å². The van der Waals surface area contributed by atoms with E-state index in [2.05, 4.69) is 5.38 Å². The zero-order chi connectivity index (χ0) is 15.0. The minimum atomic E-state index is -0.822. The Morgan fingerprint density at radius 3 is 2.80 bits per heavy atom. The number of hydrogen-bond donors (Lipinski definition) is 1. The van der Waals surface area contributed by atoms with Crippen molar-refractivity contribution in [2.45, 2.75) is 45.4 Å². The molecule has 0 bridgehead atoms. The van der Waals surface area contributed by atoms with Crippen LogP contribution in [0, 0.1) is 5.41 Å². The topological polar surface area (TPSA) is 55.6 Å². The summed E-state index contributed by atoms with van der Waals surface area (Å²) in [6.45, 7) is 7.28. The molecule has 2 unspecified atom stereocenters. The van der Waals surface area contributed by atoms with Crippen LogP contribution in [0.15, 0.2) is 16.8 Å². The number of likely N-dealkylation sites (N-methyl/N-ethyl adjacent to an activating group) is 1. The van der Waals surface area contributed by atoms with Crippen molar-refractivity contribution >= 4 is 17.2 Å². The monoisotopic (exact) mass is 296 g/mol. The highest BCUT2D eigenvalue weighted by Crippen LogP contribution is 2.50. The summed E-state index contributed by atoms with van der Waals surface area (Å²) in [6.07, 6.45) is 0.664. The number of amides is 1. The van der Waals surface area contributed by atoms with Crippen LogP contribution in [-0.2, 0) is 16.1 Å². The molecule has 20 heavy (non-hydrogen) atoms. The fraction of sp³-hybridized carbons (Fsp3) is 0.667. The first kappa shape index (κ1) is 15.5. The number of nitrogens with two attached hydrogens (primary N) is 1. The normalized spacial score (nSPS) is 27.9. The molecular formula is C15H24N2O2S. The van der Waals surface area contributed by atoms with Crippen LogP contribution >= 0.6 is 11.3 Å². The van der Waals surface area contributed by atoms with Gasteiger partial charge >= 0.3 is 0 Å². The molecule has 2 atom stereocenters. The van der Waals surface area contributed by atoms with Gasteiger partial charge in [0.2, 0.25) is 5.91 Å². The van der Waals surface area contributed by atoms with Crippen LogP contribution in [0.4, 0.5) is 0 Å². The molecule has 112 valence electrons. The maximum Gasteiger partial charge on any atom is 0.243 e. The summed E-state index contributed by atoms with van der Waals surface area (Å²) in [5.74, 6) is 0.00431. The van der Waals surface area contributed by atoms with Crippen LogP contribution in [0.3, 0.4) is 0 Å². The van der Waals surface area contributed by atoms with E-state index in [9.17, 15) is 4.79 Å². The molecular weight excluding hydrogens is 272 g/mol. The molecule has 0 aliphatic heterocycles. The molecule has 1 aliphatic rings. The molecule has 1 saturated carbocycles. The van der Waals surface area contributed by atoms with E-state index in [0.29, 0.717) is 19.6 Å². The van der Waals surface area contributed by atoms with Gasteiger partial charge in [-0.15, -0.1) is 0 Å². The van der Waals surface area contributed by atoms with E-state index in [4.69, 9.17) is 10.5 Å². The quantitative estimate of drug-likeness (QED) is 0.906. The van der Waals surface area contributed by atoms with Gasteiger partial charge in [0.25, 0.3) is 0 Å². The zero-order valence-corrected chi connectivity index (χ0v) is 13.5. The average Bonchev–Trinajstić information content (AvgIpc) is 2.90. The Morgan fingerprint density at radius 1 is 1.60 bits per heavy atom. The first-order valence-corrected chi connectivity index (χ1v) is 7.94. The lowest BCUT2D eigenvalue weighted by Crippen LogP contribution is -2.75. The van der Waals surface area contributed by atoms with Crippen LogP contribution in [0.25, 0.3) is 0 Å². The summed E-state index contributed by atoms with van der Waals surface area (Å²) in [5, 5.41) is 4.08. The zero-order valence-electron chi connectivity index (χ0n) is 12.7. The van der Waals surface area contributed by atoms with E-state index in [1.807, 2.05) is 39.3 Å². The SMILES string of the molecule is CCOC1CC(N)(C(=O)N(C)Cc2ccsc2)C1(C)C. The molecule has 4 nitrogen and oxygen atoms in total. The Kier molecular flexibility index (Phi) is 4.23. The number of thiophene rings is 1. The second-order valence-electron chi connectivity index (χ2n) is 6.13. The number of carbonyl (C=O) groups is 1. The molecule has 1 fully saturated rings. The summed E-state index contributed by atoms with van der Waals surface area (Å²) in [4.78, 5) is 14.4. The van der Waals surface area contributed by atoms with Gasteiger partial charge in [-0.1, -0.05) is 13.8 Å². The van der Waals surface area contributed by atoms with Crippen molar-refractivity contribution in [1.82, 2.24) is 4.90 Å². The van der Waals surface area contributed by atoms with Gasteiger partial charge in [0.1, 0.15) is 5.54 Å². The minimum absolute atomic E-state index is 0.00431. The maximum absolute atomic E-state index is 12.7. The molecule has 1 heterocycles. The number of nitrogens with zero attached hydrogens (tertiary/aromatic N) is 1. The molecule has 1 aromatic heterocycles. The number of carbonyl (C=O) groups excluding carboxylic acids is 1.